The van der Waals surface area contributed by atoms with Crippen molar-refractivity contribution in [2.45, 2.75) is 37.1 Å². The Morgan fingerprint density at radius 2 is 2.13 bits per heavy atom. The van der Waals surface area contributed by atoms with Gasteiger partial charge in [-0.1, -0.05) is 6.07 Å². The van der Waals surface area contributed by atoms with Gasteiger partial charge in [-0.05, 0) is 31.4 Å². The first kappa shape index (κ1) is 15.7. The lowest BCUT2D eigenvalue weighted by Gasteiger charge is -2.23. The molecule has 7 nitrogen and oxygen atoms in total. The van der Waals surface area contributed by atoms with Crippen LogP contribution in [-0.2, 0) is 16.4 Å². The number of hydrogen-bond acceptors (Lipinski definition) is 5. The van der Waals surface area contributed by atoms with Gasteiger partial charge < -0.3 is 4.42 Å². The summed E-state index contributed by atoms with van der Waals surface area (Å²) in [6.07, 6.45) is 3.83. The predicted octanol–water partition coefficient (Wildman–Crippen LogP) is 2.85. The molecule has 0 bridgehead atoms. The fraction of sp³-hybridized carbons (Fsp3) is 0.333. The molecule has 0 spiro atoms. The molecule has 0 amide bonds. The van der Waals surface area contributed by atoms with Crippen LogP contribution in [-0.4, -0.2) is 13.3 Å². The second-order valence-corrected chi connectivity index (χ2v) is 7.25. The first-order chi connectivity index (χ1) is 10.9. The van der Waals surface area contributed by atoms with E-state index in [2.05, 4.69) is 4.72 Å². The van der Waals surface area contributed by atoms with Crippen LogP contribution in [0.1, 0.15) is 35.8 Å². The summed E-state index contributed by atoms with van der Waals surface area (Å²) in [5, 5.41) is 10.9. The lowest BCUT2D eigenvalue weighted by molar-refractivity contribution is -0.385. The maximum Gasteiger partial charge on any atom is 0.270 e. The minimum Gasteiger partial charge on any atom is -0.469 e. The van der Waals surface area contributed by atoms with Crippen molar-refractivity contribution in [3.05, 3.63) is 57.5 Å². The smallest absolute Gasteiger partial charge is 0.270 e. The number of nitro groups is 1. The van der Waals surface area contributed by atoms with E-state index in [4.69, 9.17) is 4.42 Å². The van der Waals surface area contributed by atoms with E-state index in [-0.39, 0.29) is 16.6 Å². The van der Waals surface area contributed by atoms with Crippen LogP contribution in [0.15, 0.2) is 39.8 Å². The summed E-state index contributed by atoms with van der Waals surface area (Å²) in [5.41, 5.74) is 1.05. The molecular weight excluding hydrogens is 320 g/mol. The minimum atomic E-state index is -3.86. The third-order valence-electron chi connectivity index (χ3n) is 4.02. The van der Waals surface area contributed by atoms with Crippen LogP contribution in [0.4, 0.5) is 5.69 Å². The highest BCUT2D eigenvalue weighted by atomic mass is 32.2. The summed E-state index contributed by atoms with van der Waals surface area (Å²) < 4.78 is 33.3. The summed E-state index contributed by atoms with van der Waals surface area (Å²) in [6.45, 7) is 1.61. The number of sulfonamides is 1. The molecule has 1 aromatic carbocycles. The van der Waals surface area contributed by atoms with E-state index in [1.54, 1.807) is 19.3 Å². The van der Waals surface area contributed by atoms with Gasteiger partial charge in [0.1, 0.15) is 5.76 Å². The van der Waals surface area contributed by atoms with Crippen molar-refractivity contribution in [3.8, 4) is 0 Å². The van der Waals surface area contributed by atoms with E-state index in [0.717, 1.165) is 30.2 Å². The summed E-state index contributed by atoms with van der Waals surface area (Å²) >= 11 is 0. The number of fused-ring (bicyclic) bond motifs is 1. The number of aryl methyl sites for hydroxylation is 2. The first-order valence-corrected chi connectivity index (χ1v) is 8.70. The second kappa shape index (κ2) is 5.78. The van der Waals surface area contributed by atoms with Gasteiger partial charge in [0, 0.05) is 24.1 Å². The Hall–Kier alpha value is -2.19. The first-order valence-electron chi connectivity index (χ1n) is 7.22. The zero-order valence-corrected chi connectivity index (χ0v) is 13.3. The molecule has 1 aliphatic rings. The quantitative estimate of drug-likeness (QED) is 0.683. The average Bonchev–Trinajstić information content (AvgIpc) is 2.96. The molecule has 8 heteroatoms. The molecular formula is C15H16N2O5S. The van der Waals surface area contributed by atoms with Gasteiger partial charge in [-0.2, -0.15) is 0 Å². The number of nitro benzene ring substituents is 1. The number of nitrogens with one attached hydrogen (secondary N) is 1. The molecule has 0 saturated carbocycles. The third-order valence-corrected chi connectivity index (χ3v) is 5.64. The van der Waals surface area contributed by atoms with Gasteiger partial charge in [-0.15, -0.1) is 0 Å². The predicted molar refractivity (Wildman–Crippen MR) is 82.5 cm³/mol. The molecule has 0 aliphatic heterocycles. The van der Waals surface area contributed by atoms with Crippen molar-refractivity contribution >= 4 is 15.7 Å². The van der Waals surface area contributed by atoms with Crippen molar-refractivity contribution in [1.82, 2.24) is 4.72 Å². The fourth-order valence-electron chi connectivity index (χ4n) is 2.85. The van der Waals surface area contributed by atoms with Crippen LogP contribution in [0, 0.1) is 17.0 Å². The molecule has 0 fully saturated rings. The Kier molecular flexibility index (Phi) is 3.95. The number of hydrogen-bond donors (Lipinski definition) is 1. The molecule has 1 unspecified atom stereocenters. The topological polar surface area (TPSA) is 102 Å². The van der Waals surface area contributed by atoms with Crippen molar-refractivity contribution in [2.24, 2.45) is 0 Å². The maximum atomic E-state index is 12.7. The van der Waals surface area contributed by atoms with Gasteiger partial charge in [0.05, 0.1) is 22.1 Å². The highest BCUT2D eigenvalue weighted by Gasteiger charge is 2.29. The van der Waals surface area contributed by atoms with Crippen LogP contribution >= 0.6 is 0 Å². The Bertz CT molecular complexity index is 857. The largest absolute Gasteiger partial charge is 0.469 e. The van der Waals surface area contributed by atoms with Gasteiger partial charge in [-0.3, -0.25) is 10.1 Å². The molecule has 3 rings (SSSR count). The number of furan rings is 1. The van der Waals surface area contributed by atoms with E-state index in [1.165, 1.54) is 12.1 Å². The third kappa shape index (κ3) is 2.99. The molecule has 1 heterocycles. The van der Waals surface area contributed by atoms with Crippen LogP contribution in [0.25, 0.3) is 0 Å². The summed E-state index contributed by atoms with van der Waals surface area (Å²) in [4.78, 5) is 10.2. The van der Waals surface area contributed by atoms with Crippen LogP contribution in [0.2, 0.25) is 0 Å². The molecule has 1 aromatic heterocycles. The van der Waals surface area contributed by atoms with Crippen molar-refractivity contribution in [1.29, 1.82) is 0 Å². The zero-order chi connectivity index (χ0) is 16.6. The Morgan fingerprint density at radius 1 is 1.35 bits per heavy atom. The van der Waals surface area contributed by atoms with E-state index in [9.17, 15) is 18.5 Å². The normalized spacial score (nSPS) is 17.7. The van der Waals surface area contributed by atoms with Crippen LogP contribution in [0.5, 0.6) is 0 Å². The average molecular weight is 336 g/mol. The van der Waals surface area contributed by atoms with E-state index >= 15 is 0 Å². The molecule has 1 aliphatic carbocycles. The maximum absolute atomic E-state index is 12.7. The molecule has 1 N–H and O–H groups in total. The van der Waals surface area contributed by atoms with Crippen LogP contribution < -0.4 is 4.72 Å². The van der Waals surface area contributed by atoms with Gasteiger partial charge in [0.15, 0.2) is 0 Å². The lowest BCUT2D eigenvalue weighted by atomic mass is 9.94. The van der Waals surface area contributed by atoms with Crippen molar-refractivity contribution in [2.75, 3.05) is 0 Å². The standard InChI is InChI=1S/C15H16N2O5S/c1-10-5-6-11(17(18)19)9-15(10)23(20,21)16-13-3-2-4-14-12(13)7-8-22-14/h5-9,13,16H,2-4H2,1H3. The summed E-state index contributed by atoms with van der Waals surface area (Å²) in [7, 11) is -3.86. The highest BCUT2D eigenvalue weighted by molar-refractivity contribution is 7.89. The monoisotopic (exact) mass is 336 g/mol. The lowest BCUT2D eigenvalue weighted by Crippen LogP contribution is -2.31. The number of non-ortho nitro benzene ring substituents is 1. The fourth-order valence-corrected chi connectivity index (χ4v) is 4.37. The van der Waals surface area contributed by atoms with Gasteiger partial charge >= 0.3 is 0 Å². The van der Waals surface area contributed by atoms with Gasteiger partial charge in [0.2, 0.25) is 10.0 Å². The number of nitrogens with zero attached hydrogens (tertiary/aromatic N) is 1. The van der Waals surface area contributed by atoms with Crippen molar-refractivity contribution < 1.29 is 17.8 Å². The minimum absolute atomic E-state index is 0.0673. The molecule has 122 valence electrons. The zero-order valence-electron chi connectivity index (χ0n) is 12.5. The molecule has 23 heavy (non-hydrogen) atoms. The molecule has 0 radical (unpaired) electrons. The van der Waals surface area contributed by atoms with Crippen molar-refractivity contribution in [3.63, 3.8) is 0 Å². The summed E-state index contributed by atoms with van der Waals surface area (Å²) in [6, 6.07) is 5.22. The van der Waals surface area contributed by atoms with E-state index in [1.807, 2.05) is 0 Å². The molecule has 0 saturated heterocycles. The second-order valence-electron chi connectivity index (χ2n) is 5.57. The molecule has 2 aromatic rings. The number of rotatable bonds is 4. The Labute approximate surface area is 133 Å². The van der Waals surface area contributed by atoms with Crippen LogP contribution in [0.3, 0.4) is 0 Å². The van der Waals surface area contributed by atoms with E-state index < -0.39 is 14.9 Å². The Balaban J connectivity index is 1.95. The Morgan fingerprint density at radius 3 is 2.87 bits per heavy atom. The van der Waals surface area contributed by atoms with Gasteiger partial charge in [-0.25, -0.2) is 13.1 Å². The highest BCUT2D eigenvalue weighted by Crippen LogP contribution is 2.32. The van der Waals surface area contributed by atoms with E-state index in [0.29, 0.717) is 12.0 Å². The SMILES string of the molecule is Cc1ccc([N+](=O)[O-])cc1S(=O)(=O)NC1CCCc2occc21. The van der Waals surface area contributed by atoms with Gasteiger partial charge in [0.25, 0.3) is 5.69 Å². The molecule has 1 atom stereocenters. The number of benzene rings is 1. The summed E-state index contributed by atoms with van der Waals surface area (Å²) in [5.74, 6) is 0.791.